The fourth-order valence-electron chi connectivity index (χ4n) is 1.64. The second kappa shape index (κ2) is 3.29. The van der Waals surface area contributed by atoms with Gasteiger partial charge in [0.05, 0.1) is 18.4 Å². The molecule has 2 rings (SSSR count). The molecule has 2 aliphatic rings. The minimum absolute atomic E-state index is 0.0566. The lowest BCUT2D eigenvalue weighted by atomic mass is 10.0. The van der Waals surface area contributed by atoms with Crippen molar-refractivity contribution >= 4 is 23.6 Å². The van der Waals surface area contributed by atoms with E-state index in [0.717, 1.165) is 0 Å². The van der Waals surface area contributed by atoms with Crippen LogP contribution in [0.1, 0.15) is 6.42 Å². The number of amides is 1. The molecule has 0 aliphatic carbocycles. The van der Waals surface area contributed by atoms with E-state index in [1.165, 1.54) is 16.7 Å². The monoisotopic (exact) mass is 215 g/mol. The second-order valence-electron chi connectivity index (χ2n) is 3.19. The number of hydrogen-bond donors (Lipinski definition) is 2. The summed E-state index contributed by atoms with van der Waals surface area (Å²) in [4.78, 5) is 23.4. The van der Waals surface area contributed by atoms with Crippen LogP contribution in [0, 0.1) is 0 Å². The third-order valence-corrected chi connectivity index (χ3v) is 3.52. The minimum Gasteiger partial charge on any atom is -0.479 e. The average molecular weight is 215 g/mol. The van der Waals surface area contributed by atoms with Crippen LogP contribution in [0.4, 0.5) is 0 Å². The molecule has 5 nitrogen and oxygen atoms in total. The Hall–Kier alpha value is -1.01. The van der Waals surface area contributed by atoms with Crippen LogP contribution >= 0.6 is 11.8 Å². The lowest BCUT2D eigenvalue weighted by Crippen LogP contribution is -2.60. The van der Waals surface area contributed by atoms with Crippen LogP contribution in [0.5, 0.6) is 0 Å². The molecule has 14 heavy (non-hydrogen) atoms. The first-order chi connectivity index (χ1) is 6.65. The standard InChI is InChI=1S/C8H9NO4S/c10-2-4-3-14-6-1-5(11)9(6)7(4)8(12)13/h3,6-7,10H,1-2H2,(H,12,13)/t6-,7?/m0/s1. The Morgan fingerprint density at radius 3 is 2.93 bits per heavy atom. The smallest absolute Gasteiger partial charge is 0.330 e. The van der Waals surface area contributed by atoms with Gasteiger partial charge in [0.15, 0.2) is 6.04 Å². The van der Waals surface area contributed by atoms with Crippen LogP contribution in [0.25, 0.3) is 0 Å². The maximum absolute atomic E-state index is 11.2. The van der Waals surface area contributed by atoms with E-state index < -0.39 is 12.0 Å². The van der Waals surface area contributed by atoms with Crippen molar-refractivity contribution in [3.05, 3.63) is 11.0 Å². The van der Waals surface area contributed by atoms with E-state index >= 15 is 0 Å². The number of rotatable bonds is 2. The van der Waals surface area contributed by atoms with Crippen molar-refractivity contribution in [1.29, 1.82) is 0 Å². The summed E-state index contributed by atoms with van der Waals surface area (Å²) in [5.74, 6) is -1.24. The number of aliphatic hydroxyl groups is 1. The Morgan fingerprint density at radius 2 is 2.43 bits per heavy atom. The number of carbonyl (C=O) groups excluding carboxylic acids is 1. The van der Waals surface area contributed by atoms with Gasteiger partial charge in [-0.15, -0.1) is 11.8 Å². The van der Waals surface area contributed by atoms with Gasteiger partial charge in [0, 0.05) is 0 Å². The largest absolute Gasteiger partial charge is 0.479 e. The molecule has 1 unspecified atom stereocenters. The molecule has 0 bridgehead atoms. The Morgan fingerprint density at radius 1 is 1.71 bits per heavy atom. The zero-order chi connectivity index (χ0) is 10.3. The van der Waals surface area contributed by atoms with Crippen molar-refractivity contribution in [2.45, 2.75) is 17.8 Å². The summed E-state index contributed by atoms with van der Waals surface area (Å²) >= 11 is 1.39. The van der Waals surface area contributed by atoms with Crippen LogP contribution in [-0.2, 0) is 9.59 Å². The van der Waals surface area contributed by atoms with E-state index in [9.17, 15) is 9.59 Å². The first kappa shape index (κ1) is 9.54. The third-order valence-electron chi connectivity index (χ3n) is 2.37. The first-order valence-electron chi connectivity index (χ1n) is 4.14. The molecule has 1 amide bonds. The second-order valence-corrected chi connectivity index (χ2v) is 4.24. The molecular weight excluding hydrogens is 206 g/mol. The van der Waals surface area contributed by atoms with Crippen molar-refractivity contribution in [2.75, 3.05) is 6.61 Å². The average Bonchev–Trinajstić information content (AvgIpc) is 2.15. The zero-order valence-electron chi connectivity index (χ0n) is 7.21. The van der Waals surface area contributed by atoms with Gasteiger partial charge in [-0.05, 0) is 11.0 Å². The van der Waals surface area contributed by atoms with Gasteiger partial charge in [-0.3, -0.25) is 4.79 Å². The van der Waals surface area contributed by atoms with Crippen LogP contribution < -0.4 is 0 Å². The maximum atomic E-state index is 11.2. The molecule has 0 radical (unpaired) electrons. The number of fused-ring (bicyclic) bond motifs is 1. The van der Waals surface area contributed by atoms with E-state index in [1.807, 2.05) is 0 Å². The molecule has 0 aromatic heterocycles. The van der Waals surface area contributed by atoms with Gasteiger partial charge in [0.2, 0.25) is 5.91 Å². The molecule has 2 heterocycles. The number of aliphatic carboxylic acids is 1. The van der Waals surface area contributed by atoms with Gasteiger partial charge >= 0.3 is 5.97 Å². The van der Waals surface area contributed by atoms with E-state index in [2.05, 4.69) is 0 Å². The highest BCUT2D eigenvalue weighted by atomic mass is 32.2. The van der Waals surface area contributed by atoms with Crippen molar-refractivity contribution < 1.29 is 19.8 Å². The zero-order valence-corrected chi connectivity index (χ0v) is 8.03. The number of carboxylic acids is 1. The SMILES string of the molecule is O=C(O)C1C(CO)=CS[C@H]2CC(=O)N12. The van der Waals surface area contributed by atoms with Crippen LogP contribution in [0.2, 0.25) is 0 Å². The van der Waals surface area contributed by atoms with E-state index in [0.29, 0.717) is 12.0 Å². The normalized spacial score (nSPS) is 30.5. The fourth-order valence-corrected chi connectivity index (χ4v) is 2.78. The third kappa shape index (κ3) is 1.22. The summed E-state index contributed by atoms with van der Waals surface area (Å²) in [6.07, 6.45) is 0.393. The summed E-state index contributed by atoms with van der Waals surface area (Å²) in [5.41, 5.74) is 0.381. The number of thioether (sulfide) groups is 1. The van der Waals surface area contributed by atoms with Crippen LogP contribution in [0.15, 0.2) is 11.0 Å². The van der Waals surface area contributed by atoms with E-state index in [4.69, 9.17) is 10.2 Å². The Bertz CT molecular complexity index is 327. The minimum atomic E-state index is -1.08. The summed E-state index contributed by atoms with van der Waals surface area (Å²) in [6, 6.07) is -0.965. The fraction of sp³-hybridized carbons (Fsp3) is 0.500. The first-order valence-corrected chi connectivity index (χ1v) is 5.08. The molecule has 2 atom stereocenters. The Balaban J connectivity index is 2.29. The van der Waals surface area contributed by atoms with Gasteiger partial charge in [0.1, 0.15) is 0 Å². The molecule has 0 saturated carbocycles. The highest BCUT2D eigenvalue weighted by Crippen LogP contribution is 2.39. The molecule has 0 aromatic carbocycles. The molecule has 2 N–H and O–H groups in total. The van der Waals surface area contributed by atoms with Gasteiger partial charge < -0.3 is 15.1 Å². The predicted molar refractivity (Wildman–Crippen MR) is 49.4 cm³/mol. The Labute approximate surface area is 84.4 Å². The number of aliphatic hydroxyl groups excluding tert-OH is 1. The molecule has 1 fully saturated rings. The number of β-lactam (4-membered cyclic amide) rings is 1. The molecule has 6 heteroatoms. The summed E-state index contributed by atoms with van der Waals surface area (Å²) in [7, 11) is 0. The molecule has 0 aromatic rings. The lowest BCUT2D eigenvalue weighted by molar-refractivity contribution is -0.156. The summed E-state index contributed by atoms with van der Waals surface area (Å²) in [5, 5.41) is 19.5. The molecule has 1 saturated heterocycles. The number of carboxylic acid groups (broad SMARTS) is 1. The summed E-state index contributed by atoms with van der Waals surface area (Å²) < 4.78 is 0. The highest BCUT2D eigenvalue weighted by Gasteiger charge is 2.47. The van der Waals surface area contributed by atoms with Gasteiger partial charge in [-0.2, -0.15) is 0 Å². The Kier molecular flexibility index (Phi) is 2.24. The molecular formula is C8H9NO4S. The highest BCUT2D eigenvalue weighted by molar-refractivity contribution is 8.02. The molecule has 0 spiro atoms. The van der Waals surface area contributed by atoms with Gasteiger partial charge in [0.25, 0.3) is 0 Å². The van der Waals surface area contributed by atoms with E-state index in [1.54, 1.807) is 5.41 Å². The summed E-state index contributed by atoms with van der Waals surface area (Å²) in [6.45, 7) is -0.319. The van der Waals surface area contributed by atoms with Crippen LogP contribution in [0.3, 0.4) is 0 Å². The maximum Gasteiger partial charge on any atom is 0.330 e. The molecule has 2 aliphatic heterocycles. The van der Waals surface area contributed by atoms with Crippen molar-refractivity contribution in [3.8, 4) is 0 Å². The molecule has 76 valence electrons. The van der Waals surface area contributed by atoms with Gasteiger partial charge in [-0.25, -0.2) is 4.79 Å². The van der Waals surface area contributed by atoms with Crippen molar-refractivity contribution in [2.24, 2.45) is 0 Å². The van der Waals surface area contributed by atoms with Gasteiger partial charge in [-0.1, -0.05) is 0 Å². The van der Waals surface area contributed by atoms with Crippen LogP contribution in [-0.4, -0.2) is 45.0 Å². The topological polar surface area (TPSA) is 77.8 Å². The number of hydrogen-bond acceptors (Lipinski definition) is 4. The predicted octanol–water partition coefficient (Wildman–Crippen LogP) is -0.379. The number of nitrogens with zero attached hydrogens (tertiary/aromatic N) is 1. The quantitative estimate of drug-likeness (QED) is 0.614. The lowest BCUT2D eigenvalue weighted by Gasteiger charge is -2.46. The number of carbonyl (C=O) groups is 2. The van der Waals surface area contributed by atoms with E-state index in [-0.39, 0.29) is 17.9 Å². The van der Waals surface area contributed by atoms with Crippen molar-refractivity contribution in [1.82, 2.24) is 4.90 Å². The van der Waals surface area contributed by atoms with Crippen molar-refractivity contribution in [3.63, 3.8) is 0 Å².